The van der Waals surface area contributed by atoms with Crippen molar-refractivity contribution in [1.82, 2.24) is 0 Å². The van der Waals surface area contributed by atoms with Gasteiger partial charge < -0.3 is 27.2 Å². The van der Waals surface area contributed by atoms with Crippen molar-refractivity contribution in [2.75, 3.05) is 0 Å². The van der Waals surface area contributed by atoms with Crippen molar-refractivity contribution in [2.24, 2.45) is 0 Å². The summed E-state index contributed by atoms with van der Waals surface area (Å²) in [4.78, 5) is 0. The lowest BCUT2D eigenvalue weighted by Crippen LogP contribution is -2.40. The maximum atomic E-state index is 9.36. The lowest BCUT2D eigenvalue weighted by Gasteiger charge is -2.19. The van der Waals surface area contributed by atoms with Gasteiger partial charge in [0.15, 0.2) is 0 Å². The molecular weight excluding hydrogens is 785 g/mol. The van der Waals surface area contributed by atoms with Crippen LogP contribution in [-0.4, -0.2) is 18.6 Å². The molecule has 0 amide bonds. The molecule has 0 spiro atoms. The molecule has 288 valence electrons. The first-order valence-electron chi connectivity index (χ1n) is 18.5. The van der Waals surface area contributed by atoms with Gasteiger partial charge >= 0.3 is 18.6 Å². The van der Waals surface area contributed by atoms with Crippen LogP contribution in [0.5, 0.6) is 34.5 Å². The summed E-state index contributed by atoms with van der Waals surface area (Å²) in [7, 11) is -4.04. The van der Waals surface area contributed by atoms with Crippen molar-refractivity contribution in [3.05, 3.63) is 203 Å². The van der Waals surface area contributed by atoms with Gasteiger partial charge in [-0.25, -0.2) is 0 Å². The molecule has 10 nitrogen and oxygen atoms in total. The van der Waals surface area contributed by atoms with E-state index in [4.69, 9.17) is 27.2 Å². The van der Waals surface area contributed by atoms with Gasteiger partial charge in [-0.2, -0.15) is 21.0 Å². The van der Waals surface area contributed by atoms with E-state index in [-0.39, 0.29) is 24.3 Å². The van der Waals surface area contributed by atoms with Gasteiger partial charge in [0.1, 0.15) is 58.8 Å². The van der Waals surface area contributed by atoms with Crippen LogP contribution in [0.3, 0.4) is 0 Å². The highest BCUT2D eigenvalue weighted by atomic mass is 28.3. The van der Waals surface area contributed by atoms with Gasteiger partial charge in [-0.1, -0.05) is 91.0 Å². The molecule has 0 aliphatic carbocycles. The molecule has 0 unspecified atom stereocenters. The largest absolute Gasteiger partial charge is 0.515 e. The Bertz CT molecular complexity index is 2540. The minimum absolute atomic E-state index is 0.254. The average molecular weight is 817 g/mol. The zero-order valence-electron chi connectivity index (χ0n) is 31.8. The molecule has 0 saturated heterocycles. The van der Waals surface area contributed by atoms with Crippen LogP contribution in [0.1, 0.15) is 33.4 Å². The van der Waals surface area contributed by atoms with E-state index in [9.17, 15) is 21.0 Å². The second-order valence-corrected chi connectivity index (χ2v) is 16.2. The summed E-state index contributed by atoms with van der Waals surface area (Å²) < 4.78 is 37.9. The monoisotopic (exact) mass is 816 g/mol. The Kier molecular flexibility index (Phi) is 13.4. The van der Waals surface area contributed by atoms with Gasteiger partial charge in [0.05, 0.1) is 35.5 Å². The molecule has 0 bridgehead atoms. The molecule has 0 N–H and O–H groups in total. The molecule has 0 atom stereocenters. The number of nitrogens with zero attached hydrogens (tertiary/aromatic N) is 4. The van der Waals surface area contributed by atoms with Crippen LogP contribution < -0.4 is 28.7 Å². The normalized spacial score (nSPS) is 10.5. The Hall–Kier alpha value is -7.95. The average Bonchev–Trinajstić information content (AvgIpc) is 3.30. The van der Waals surface area contributed by atoms with Gasteiger partial charge in [-0.05, 0) is 83.9 Å². The van der Waals surface area contributed by atoms with Crippen molar-refractivity contribution >= 4 is 28.9 Å². The number of hydrogen-bond acceptors (Lipinski definition) is 10. The molecule has 0 aliphatic rings. The molecule has 0 fully saturated rings. The Morgan fingerprint density at radius 1 is 0.350 bits per heavy atom. The second kappa shape index (κ2) is 20.0. The van der Waals surface area contributed by atoms with Gasteiger partial charge in [0.2, 0.25) is 0 Å². The third-order valence-electron chi connectivity index (χ3n) is 8.77. The highest BCUT2D eigenvalue weighted by Crippen LogP contribution is 2.27. The molecule has 2 radical (unpaired) electrons. The Labute approximate surface area is 351 Å². The zero-order valence-corrected chi connectivity index (χ0v) is 33.8. The van der Waals surface area contributed by atoms with Crippen LogP contribution >= 0.6 is 0 Å². The summed E-state index contributed by atoms with van der Waals surface area (Å²) in [6.45, 7) is 0.573. The fourth-order valence-electron chi connectivity index (χ4n) is 5.74. The number of ether oxygens (including phenoxy) is 2. The number of rotatable bonds is 16. The summed E-state index contributed by atoms with van der Waals surface area (Å²) in [6.07, 6.45) is 0. The van der Waals surface area contributed by atoms with Crippen LogP contribution in [0, 0.1) is 45.3 Å². The fraction of sp³-hybridized carbons (Fsp3) is 0.0417. The lowest BCUT2D eigenvalue weighted by molar-refractivity contribution is 0.262. The van der Waals surface area contributed by atoms with Crippen LogP contribution in [-0.2, 0) is 22.1 Å². The third-order valence-corrected chi connectivity index (χ3v) is 12.0. The first-order chi connectivity index (χ1) is 29.5. The van der Waals surface area contributed by atoms with E-state index >= 15 is 0 Å². The van der Waals surface area contributed by atoms with Crippen LogP contribution in [0.4, 0.5) is 0 Å². The Morgan fingerprint density at radius 3 is 1.12 bits per heavy atom. The molecule has 7 aromatic rings. The van der Waals surface area contributed by atoms with Crippen LogP contribution in [0.2, 0.25) is 0 Å². The predicted octanol–water partition coefficient (Wildman–Crippen LogP) is 8.74. The molecule has 0 heterocycles. The summed E-state index contributed by atoms with van der Waals surface area (Å²) in [5.41, 5.74) is 2.92. The zero-order chi connectivity index (χ0) is 41.5. The maximum absolute atomic E-state index is 9.36. The van der Waals surface area contributed by atoms with Crippen molar-refractivity contribution < 1.29 is 27.2 Å². The molecule has 0 aliphatic heterocycles. The first-order valence-corrected chi connectivity index (χ1v) is 21.1. The van der Waals surface area contributed by atoms with Gasteiger partial charge in [0.25, 0.3) is 0 Å². The van der Waals surface area contributed by atoms with E-state index in [1.54, 1.807) is 36.4 Å². The molecule has 60 heavy (non-hydrogen) atoms. The van der Waals surface area contributed by atoms with Crippen LogP contribution in [0.15, 0.2) is 170 Å². The fourth-order valence-corrected chi connectivity index (χ4v) is 8.63. The van der Waals surface area contributed by atoms with E-state index in [1.807, 2.05) is 158 Å². The van der Waals surface area contributed by atoms with Crippen molar-refractivity contribution in [3.8, 4) is 58.8 Å². The van der Waals surface area contributed by atoms with Crippen molar-refractivity contribution in [2.45, 2.75) is 13.2 Å². The van der Waals surface area contributed by atoms with Gasteiger partial charge in [-0.15, -0.1) is 0 Å². The highest BCUT2D eigenvalue weighted by Gasteiger charge is 2.25. The summed E-state index contributed by atoms with van der Waals surface area (Å²) in [5.74, 6) is 3.25. The molecular formula is C48H32N4O6Si2. The van der Waals surface area contributed by atoms with E-state index in [0.717, 1.165) is 21.5 Å². The molecule has 0 aromatic heterocycles. The van der Waals surface area contributed by atoms with Crippen molar-refractivity contribution in [3.63, 3.8) is 0 Å². The molecule has 7 aromatic carbocycles. The van der Waals surface area contributed by atoms with Crippen molar-refractivity contribution in [1.29, 1.82) is 21.0 Å². The number of benzene rings is 7. The second-order valence-electron chi connectivity index (χ2n) is 12.9. The minimum Gasteiger partial charge on any atom is -0.515 e. The summed E-state index contributed by atoms with van der Waals surface area (Å²) >= 11 is 0. The Balaban J connectivity index is 0.998. The van der Waals surface area contributed by atoms with E-state index in [2.05, 4.69) is 0 Å². The predicted molar refractivity (Wildman–Crippen MR) is 226 cm³/mol. The lowest BCUT2D eigenvalue weighted by atomic mass is 10.1. The maximum Gasteiger partial charge on any atom is 0.497 e. The highest BCUT2D eigenvalue weighted by molar-refractivity contribution is 6.62. The van der Waals surface area contributed by atoms with Crippen LogP contribution in [0.25, 0.3) is 0 Å². The van der Waals surface area contributed by atoms with E-state index in [1.165, 1.54) is 0 Å². The minimum atomic E-state index is -2.02. The van der Waals surface area contributed by atoms with E-state index in [0.29, 0.717) is 45.6 Å². The number of hydrogen-bond donors (Lipinski definition) is 0. The van der Waals surface area contributed by atoms with E-state index < -0.39 is 18.6 Å². The topological polar surface area (TPSA) is 151 Å². The first kappa shape index (κ1) is 40.3. The van der Waals surface area contributed by atoms with Gasteiger partial charge in [-0.3, -0.25) is 0 Å². The van der Waals surface area contributed by atoms with Gasteiger partial charge in [0, 0.05) is 16.4 Å². The quantitative estimate of drug-likeness (QED) is 0.0867. The standard InChI is InChI=1S/C48H32N4O6Si2/c49-29-37-18-24-43(26-39(37)31-51)55-41-20-14-35(15-21-41)33-53-59(47-10-3-1-4-11-47)57-45-8-7-9-46(28-45)58-60(48-12-5-2-6-13-48)54-34-36-16-22-42(23-17-36)56-44-25-19-38(30-50)40(27-44)32-52/h1-28H,33-34H2. The molecule has 7 rings (SSSR count). The summed E-state index contributed by atoms with van der Waals surface area (Å²) in [6, 6.07) is 59.6. The Morgan fingerprint density at radius 2 is 0.733 bits per heavy atom. The number of nitriles is 4. The molecule has 12 heteroatoms. The summed E-state index contributed by atoms with van der Waals surface area (Å²) in [5, 5.41) is 39.0. The third kappa shape index (κ3) is 10.7. The molecule has 0 saturated carbocycles. The smallest absolute Gasteiger partial charge is 0.497 e. The SMILES string of the molecule is N#Cc1ccc(Oc2ccc(CO[Si](Oc3cccc(O[Si](OCc4ccc(Oc5ccc(C#N)c(C#N)c5)cc4)c4ccccc4)c3)c3ccccc3)cc2)cc1C#N.